The van der Waals surface area contributed by atoms with Crippen LogP contribution in [-0.2, 0) is 30.4 Å². The predicted molar refractivity (Wildman–Crippen MR) is 139 cm³/mol. The number of fused-ring (bicyclic) bond motifs is 1. The minimum Gasteiger partial charge on any atom is -0.394 e. The van der Waals surface area contributed by atoms with Gasteiger partial charge in [0.15, 0.2) is 0 Å². The van der Waals surface area contributed by atoms with Crippen LogP contribution in [0.15, 0.2) is 30.5 Å². The van der Waals surface area contributed by atoms with E-state index in [1.807, 2.05) is 24.3 Å². The van der Waals surface area contributed by atoms with E-state index < -0.39 is 67.4 Å². The lowest BCUT2D eigenvalue weighted by Gasteiger charge is -2.19. The first-order valence-corrected chi connectivity index (χ1v) is 12.2. The molecule has 1 heterocycles. The molecule has 0 unspecified atom stereocenters. The molecule has 12 N–H and O–H groups in total. The third-order valence-corrected chi connectivity index (χ3v) is 5.76. The summed E-state index contributed by atoms with van der Waals surface area (Å²) < 4.78 is 0. The van der Waals surface area contributed by atoms with Crippen molar-refractivity contribution in [1.29, 1.82) is 0 Å². The molecule has 2 rings (SSSR count). The molecule has 38 heavy (non-hydrogen) atoms. The summed E-state index contributed by atoms with van der Waals surface area (Å²) in [7, 11) is 0. The summed E-state index contributed by atoms with van der Waals surface area (Å²) >= 11 is 0. The maximum Gasteiger partial charge on any atom is 0.243 e. The minimum absolute atomic E-state index is 0.241. The summed E-state index contributed by atoms with van der Waals surface area (Å²) in [5, 5.41) is 19.6. The van der Waals surface area contributed by atoms with E-state index >= 15 is 0 Å². The first-order valence-electron chi connectivity index (χ1n) is 12.2. The van der Waals surface area contributed by atoms with Crippen LogP contribution < -0.4 is 38.5 Å². The first kappa shape index (κ1) is 30.2. The number of rotatable bonds is 16. The van der Waals surface area contributed by atoms with E-state index in [1.54, 1.807) is 6.20 Å². The quantitative estimate of drug-likeness (QED) is 0.0996. The molecule has 0 bridgehead atoms. The summed E-state index contributed by atoms with van der Waals surface area (Å²) in [6.45, 7) is -1.21. The number of para-hydroxylation sites is 1. The predicted octanol–water partition coefficient (Wildman–Crippen LogP) is -3.15. The second kappa shape index (κ2) is 15.3. The van der Waals surface area contributed by atoms with Crippen molar-refractivity contribution in [2.24, 2.45) is 17.2 Å². The molecule has 0 radical (unpaired) electrons. The standard InChI is InChI=1S/C24H36N8O6/c25-8-4-3-7-18(24(38)30-12-21(35)32-19(13-33)22(27)36)31-20(34)11-29-23(37)16(26)9-14-10-28-17-6-2-1-5-15(14)17/h1-2,5-6,10,16,18-19,28,33H,3-4,7-9,11-13,25-26H2,(H2,27,36)(H,29,37)(H,30,38)(H,31,34)(H,32,35)/t16-,18-,19-/m0/s1. The number of carbonyl (C=O) groups excluding carboxylic acids is 5. The van der Waals surface area contributed by atoms with Gasteiger partial charge in [-0.1, -0.05) is 18.2 Å². The van der Waals surface area contributed by atoms with Crippen LogP contribution in [0, 0.1) is 0 Å². The fourth-order valence-corrected chi connectivity index (χ4v) is 3.68. The molecule has 5 amide bonds. The zero-order valence-corrected chi connectivity index (χ0v) is 21.0. The van der Waals surface area contributed by atoms with Gasteiger partial charge in [-0.15, -0.1) is 0 Å². The van der Waals surface area contributed by atoms with E-state index in [1.165, 1.54) is 0 Å². The molecule has 2 aromatic rings. The van der Waals surface area contributed by atoms with Crippen molar-refractivity contribution in [1.82, 2.24) is 26.3 Å². The van der Waals surface area contributed by atoms with E-state index in [0.29, 0.717) is 19.4 Å². The molecule has 0 aliphatic rings. The number of benzene rings is 1. The van der Waals surface area contributed by atoms with E-state index in [0.717, 1.165) is 16.5 Å². The third kappa shape index (κ3) is 9.46. The van der Waals surface area contributed by atoms with Gasteiger partial charge in [-0.25, -0.2) is 0 Å². The van der Waals surface area contributed by atoms with Crippen LogP contribution in [0.25, 0.3) is 10.9 Å². The Balaban J connectivity index is 1.86. The van der Waals surface area contributed by atoms with Crippen molar-refractivity contribution >= 4 is 40.4 Å². The monoisotopic (exact) mass is 532 g/mol. The highest BCUT2D eigenvalue weighted by atomic mass is 16.3. The Morgan fingerprint density at radius 2 is 1.55 bits per heavy atom. The molecule has 0 aliphatic carbocycles. The Kier molecular flexibility index (Phi) is 12.2. The van der Waals surface area contributed by atoms with Gasteiger partial charge in [0.1, 0.15) is 12.1 Å². The van der Waals surface area contributed by atoms with Crippen molar-refractivity contribution in [2.75, 3.05) is 26.2 Å². The molecule has 1 aromatic carbocycles. The molecular weight excluding hydrogens is 496 g/mol. The van der Waals surface area contributed by atoms with Crippen LogP contribution in [0.5, 0.6) is 0 Å². The number of aromatic nitrogens is 1. The lowest BCUT2D eigenvalue weighted by Crippen LogP contribution is -2.53. The van der Waals surface area contributed by atoms with E-state index in [4.69, 9.17) is 22.3 Å². The SMILES string of the molecule is NCCCC[C@H](NC(=O)CNC(=O)[C@@H](N)Cc1c[nH]c2ccccc12)C(=O)NCC(=O)N[C@@H](CO)C(N)=O. The highest BCUT2D eigenvalue weighted by molar-refractivity contribution is 5.93. The van der Waals surface area contributed by atoms with Crippen LogP contribution in [0.2, 0.25) is 0 Å². The Hall–Kier alpha value is -4.01. The second-order valence-corrected chi connectivity index (χ2v) is 8.72. The summed E-state index contributed by atoms with van der Waals surface area (Å²) in [6, 6.07) is 4.43. The highest BCUT2D eigenvalue weighted by Gasteiger charge is 2.23. The summed E-state index contributed by atoms with van der Waals surface area (Å²) in [5.41, 5.74) is 18.4. The van der Waals surface area contributed by atoms with Crippen molar-refractivity contribution in [3.63, 3.8) is 0 Å². The fraction of sp³-hybridized carbons (Fsp3) is 0.458. The van der Waals surface area contributed by atoms with Gasteiger partial charge in [-0.2, -0.15) is 0 Å². The van der Waals surface area contributed by atoms with Gasteiger partial charge in [0.05, 0.1) is 25.7 Å². The molecule has 0 saturated carbocycles. The molecule has 208 valence electrons. The Bertz CT molecular complexity index is 1120. The number of unbranched alkanes of at least 4 members (excludes halogenated alkanes) is 1. The largest absolute Gasteiger partial charge is 0.394 e. The van der Waals surface area contributed by atoms with Gasteiger partial charge >= 0.3 is 0 Å². The fourth-order valence-electron chi connectivity index (χ4n) is 3.68. The number of carbonyl (C=O) groups is 5. The number of aromatic amines is 1. The number of amides is 5. The zero-order chi connectivity index (χ0) is 28.1. The molecule has 0 fully saturated rings. The number of aliphatic hydroxyl groups excluding tert-OH is 1. The smallest absolute Gasteiger partial charge is 0.243 e. The maximum absolute atomic E-state index is 12.6. The van der Waals surface area contributed by atoms with Crippen LogP contribution in [-0.4, -0.2) is 84.0 Å². The van der Waals surface area contributed by atoms with E-state index in [2.05, 4.69) is 26.3 Å². The van der Waals surface area contributed by atoms with Crippen molar-refractivity contribution in [3.05, 3.63) is 36.0 Å². The van der Waals surface area contributed by atoms with Gasteiger partial charge in [-0.3, -0.25) is 24.0 Å². The van der Waals surface area contributed by atoms with Crippen LogP contribution in [0.4, 0.5) is 0 Å². The number of nitrogens with one attached hydrogen (secondary N) is 5. The molecule has 3 atom stereocenters. The number of primary amides is 1. The minimum atomic E-state index is -1.29. The average molecular weight is 533 g/mol. The number of hydrogen-bond donors (Lipinski definition) is 9. The van der Waals surface area contributed by atoms with E-state index in [9.17, 15) is 24.0 Å². The maximum atomic E-state index is 12.6. The Morgan fingerprint density at radius 1 is 0.921 bits per heavy atom. The van der Waals surface area contributed by atoms with Gasteiger partial charge in [0, 0.05) is 17.1 Å². The normalized spacial score (nSPS) is 13.2. The third-order valence-electron chi connectivity index (χ3n) is 5.76. The molecule has 14 nitrogen and oxygen atoms in total. The Labute approximate surface area is 219 Å². The van der Waals surface area contributed by atoms with Gasteiger partial charge < -0.3 is 48.6 Å². The topological polar surface area (TPSA) is 248 Å². The number of H-pyrrole nitrogens is 1. The van der Waals surface area contributed by atoms with Crippen LogP contribution in [0.3, 0.4) is 0 Å². The second-order valence-electron chi connectivity index (χ2n) is 8.72. The lowest BCUT2D eigenvalue weighted by molar-refractivity contribution is -0.132. The lowest BCUT2D eigenvalue weighted by atomic mass is 10.1. The average Bonchev–Trinajstić information content (AvgIpc) is 3.30. The summed E-state index contributed by atoms with van der Waals surface area (Å²) in [6.07, 6.45) is 3.42. The molecule has 0 saturated heterocycles. The number of nitrogens with two attached hydrogens (primary N) is 3. The van der Waals surface area contributed by atoms with Gasteiger partial charge in [-0.05, 0) is 43.9 Å². The van der Waals surface area contributed by atoms with Crippen molar-refractivity contribution in [2.45, 2.75) is 43.8 Å². The molecular formula is C24H36N8O6. The first-order chi connectivity index (χ1) is 18.2. The number of aliphatic hydroxyl groups is 1. The van der Waals surface area contributed by atoms with Crippen LogP contribution in [0.1, 0.15) is 24.8 Å². The van der Waals surface area contributed by atoms with Gasteiger partial charge in [0.2, 0.25) is 29.5 Å². The summed E-state index contributed by atoms with van der Waals surface area (Å²) in [5.74, 6) is -3.47. The van der Waals surface area contributed by atoms with Gasteiger partial charge in [0.25, 0.3) is 0 Å². The zero-order valence-electron chi connectivity index (χ0n) is 21.0. The van der Waals surface area contributed by atoms with Crippen molar-refractivity contribution < 1.29 is 29.1 Å². The molecule has 0 spiro atoms. The summed E-state index contributed by atoms with van der Waals surface area (Å²) in [4.78, 5) is 63.7. The molecule has 14 heteroatoms. The Morgan fingerprint density at radius 3 is 2.18 bits per heavy atom. The number of hydrogen-bond acceptors (Lipinski definition) is 8. The van der Waals surface area contributed by atoms with Crippen molar-refractivity contribution in [3.8, 4) is 0 Å². The van der Waals surface area contributed by atoms with Crippen LogP contribution >= 0.6 is 0 Å². The molecule has 1 aromatic heterocycles. The van der Waals surface area contributed by atoms with E-state index in [-0.39, 0.29) is 12.8 Å². The highest BCUT2D eigenvalue weighted by Crippen LogP contribution is 2.18. The molecule has 0 aliphatic heterocycles.